The molecule has 5 nitrogen and oxygen atoms in total. The van der Waals surface area contributed by atoms with Crippen molar-refractivity contribution in [2.24, 2.45) is 0 Å². The van der Waals surface area contributed by atoms with Crippen molar-refractivity contribution < 1.29 is 9.63 Å². The fourth-order valence-electron chi connectivity index (χ4n) is 1.79. The van der Waals surface area contributed by atoms with Gasteiger partial charge in [-0.25, -0.2) is 0 Å². The first-order valence-corrected chi connectivity index (χ1v) is 5.79. The van der Waals surface area contributed by atoms with E-state index in [2.05, 4.69) is 15.1 Å². The molecule has 3 rings (SSSR count). The van der Waals surface area contributed by atoms with E-state index in [4.69, 9.17) is 4.52 Å². The molecule has 0 aliphatic rings. The second-order valence-electron chi connectivity index (χ2n) is 4.14. The second kappa shape index (κ2) is 4.53. The van der Waals surface area contributed by atoms with Gasteiger partial charge in [0.15, 0.2) is 0 Å². The predicted octanol–water partition coefficient (Wildman–Crippen LogP) is 2.81. The molecule has 0 bridgehead atoms. The summed E-state index contributed by atoms with van der Waals surface area (Å²) in [5.41, 5.74) is 2.33. The van der Waals surface area contributed by atoms with E-state index in [0.29, 0.717) is 23.0 Å². The van der Waals surface area contributed by atoms with E-state index in [1.165, 1.54) is 0 Å². The molecule has 2 heterocycles. The van der Waals surface area contributed by atoms with Crippen molar-refractivity contribution in [1.82, 2.24) is 15.1 Å². The molecule has 1 N–H and O–H groups in total. The molecule has 3 aromatic rings. The Kier molecular flexibility index (Phi) is 2.72. The Morgan fingerprint density at radius 3 is 2.84 bits per heavy atom. The maximum Gasteiger partial charge on any atom is 0.277 e. The number of aromatic hydroxyl groups is 1. The van der Waals surface area contributed by atoms with Crippen molar-refractivity contribution in [3.05, 3.63) is 48.2 Å². The molecule has 0 saturated heterocycles. The number of benzene rings is 1. The minimum absolute atomic E-state index is 0.165. The van der Waals surface area contributed by atoms with E-state index in [9.17, 15) is 5.11 Å². The van der Waals surface area contributed by atoms with Crippen LogP contribution in [0.4, 0.5) is 0 Å². The van der Waals surface area contributed by atoms with Gasteiger partial charge in [0.05, 0.1) is 0 Å². The van der Waals surface area contributed by atoms with E-state index in [1.54, 1.807) is 30.5 Å². The van der Waals surface area contributed by atoms with Gasteiger partial charge in [-0.2, -0.15) is 4.98 Å². The number of nitrogens with zero attached hydrogens (tertiary/aromatic N) is 3. The summed E-state index contributed by atoms with van der Waals surface area (Å²) in [6.45, 7) is 1.93. The lowest BCUT2D eigenvalue weighted by Gasteiger charge is -1.97. The third-order valence-corrected chi connectivity index (χ3v) is 2.74. The van der Waals surface area contributed by atoms with Gasteiger partial charge in [0, 0.05) is 11.8 Å². The van der Waals surface area contributed by atoms with Gasteiger partial charge in [-0.3, -0.25) is 4.98 Å². The lowest BCUT2D eigenvalue weighted by atomic mass is 10.2. The highest BCUT2D eigenvalue weighted by Gasteiger charge is 2.13. The van der Waals surface area contributed by atoms with Crippen LogP contribution in [0.5, 0.6) is 5.75 Å². The minimum Gasteiger partial charge on any atom is -0.508 e. The van der Waals surface area contributed by atoms with Crippen LogP contribution in [0.3, 0.4) is 0 Å². The van der Waals surface area contributed by atoms with Gasteiger partial charge in [0.2, 0.25) is 5.82 Å². The van der Waals surface area contributed by atoms with E-state index < -0.39 is 0 Å². The maximum absolute atomic E-state index is 9.44. The number of phenolic OH excluding ortho intramolecular Hbond substituents is 1. The second-order valence-corrected chi connectivity index (χ2v) is 4.14. The van der Waals surface area contributed by atoms with Gasteiger partial charge >= 0.3 is 0 Å². The molecule has 0 saturated carbocycles. The highest BCUT2D eigenvalue weighted by molar-refractivity contribution is 5.60. The van der Waals surface area contributed by atoms with E-state index in [0.717, 1.165) is 5.56 Å². The fraction of sp³-hybridized carbons (Fsp3) is 0.0714. The van der Waals surface area contributed by atoms with Crippen LogP contribution in [-0.2, 0) is 0 Å². The van der Waals surface area contributed by atoms with Crippen molar-refractivity contribution >= 4 is 0 Å². The largest absolute Gasteiger partial charge is 0.508 e. The molecule has 94 valence electrons. The summed E-state index contributed by atoms with van der Waals surface area (Å²) in [7, 11) is 0. The van der Waals surface area contributed by atoms with Crippen LogP contribution in [0.15, 0.2) is 47.1 Å². The summed E-state index contributed by atoms with van der Waals surface area (Å²) in [5, 5.41) is 13.4. The highest BCUT2D eigenvalue weighted by atomic mass is 16.5. The molecule has 0 aliphatic carbocycles. The molecule has 0 unspecified atom stereocenters. The summed E-state index contributed by atoms with van der Waals surface area (Å²) in [4.78, 5) is 8.53. The summed E-state index contributed by atoms with van der Waals surface area (Å²) < 4.78 is 5.22. The van der Waals surface area contributed by atoms with Crippen molar-refractivity contribution in [3.63, 3.8) is 0 Å². The standard InChI is InChI=1S/C14H11N3O2/c1-9-4-3-7-15-12(9)14-16-13(17-19-14)10-5-2-6-11(18)8-10/h2-8,18H,1H3. The Labute approximate surface area is 109 Å². The lowest BCUT2D eigenvalue weighted by Crippen LogP contribution is -1.87. The molecule has 0 amide bonds. The average molecular weight is 253 g/mol. The van der Waals surface area contributed by atoms with Crippen LogP contribution in [0.1, 0.15) is 5.56 Å². The number of aromatic nitrogens is 3. The highest BCUT2D eigenvalue weighted by Crippen LogP contribution is 2.24. The van der Waals surface area contributed by atoms with Gasteiger partial charge in [-0.05, 0) is 30.7 Å². The molecule has 1 aromatic carbocycles. The Balaban J connectivity index is 2.03. The molecule has 5 heteroatoms. The number of phenols is 1. The van der Waals surface area contributed by atoms with Crippen molar-refractivity contribution in [2.45, 2.75) is 6.92 Å². The van der Waals surface area contributed by atoms with Gasteiger partial charge in [-0.1, -0.05) is 23.4 Å². The number of rotatable bonds is 2. The average Bonchev–Trinajstić information content (AvgIpc) is 2.89. The van der Waals surface area contributed by atoms with E-state index in [-0.39, 0.29) is 5.75 Å². The molecular weight excluding hydrogens is 242 g/mol. The fourth-order valence-corrected chi connectivity index (χ4v) is 1.79. The number of hydrogen-bond acceptors (Lipinski definition) is 5. The Hall–Kier alpha value is -2.69. The maximum atomic E-state index is 9.44. The topological polar surface area (TPSA) is 72.0 Å². The number of hydrogen-bond donors (Lipinski definition) is 1. The summed E-state index contributed by atoms with van der Waals surface area (Å²) in [5.74, 6) is 0.963. The molecule has 0 aliphatic heterocycles. The summed E-state index contributed by atoms with van der Waals surface area (Å²) in [6.07, 6.45) is 1.68. The third kappa shape index (κ3) is 2.18. The van der Waals surface area contributed by atoms with Crippen LogP contribution >= 0.6 is 0 Å². The smallest absolute Gasteiger partial charge is 0.277 e. The van der Waals surface area contributed by atoms with E-state index in [1.807, 2.05) is 19.1 Å². The van der Waals surface area contributed by atoms with Crippen LogP contribution in [0, 0.1) is 6.92 Å². The molecule has 0 spiro atoms. The monoisotopic (exact) mass is 253 g/mol. The summed E-state index contributed by atoms with van der Waals surface area (Å²) >= 11 is 0. The lowest BCUT2D eigenvalue weighted by molar-refractivity contribution is 0.430. The number of pyridine rings is 1. The first-order chi connectivity index (χ1) is 9.24. The quantitative estimate of drug-likeness (QED) is 0.760. The molecule has 0 atom stereocenters. The van der Waals surface area contributed by atoms with Crippen LogP contribution in [0.25, 0.3) is 23.0 Å². The Morgan fingerprint density at radius 2 is 2.05 bits per heavy atom. The Bertz CT molecular complexity index is 722. The van der Waals surface area contributed by atoms with Crippen molar-refractivity contribution in [1.29, 1.82) is 0 Å². The molecule has 2 aromatic heterocycles. The van der Waals surface area contributed by atoms with Crippen molar-refractivity contribution in [3.8, 4) is 28.7 Å². The third-order valence-electron chi connectivity index (χ3n) is 2.74. The number of aryl methyl sites for hydroxylation is 1. The SMILES string of the molecule is Cc1cccnc1-c1nc(-c2cccc(O)c2)no1. The Morgan fingerprint density at radius 1 is 1.16 bits per heavy atom. The first kappa shape index (κ1) is 11.4. The van der Waals surface area contributed by atoms with Gasteiger partial charge in [-0.15, -0.1) is 0 Å². The normalized spacial score (nSPS) is 10.6. The zero-order valence-corrected chi connectivity index (χ0v) is 10.2. The summed E-state index contributed by atoms with van der Waals surface area (Å²) in [6, 6.07) is 10.5. The first-order valence-electron chi connectivity index (χ1n) is 5.79. The van der Waals surface area contributed by atoms with Crippen LogP contribution in [0.2, 0.25) is 0 Å². The molecular formula is C14H11N3O2. The molecule has 0 radical (unpaired) electrons. The molecule has 0 fully saturated rings. The van der Waals surface area contributed by atoms with E-state index >= 15 is 0 Å². The zero-order chi connectivity index (χ0) is 13.2. The van der Waals surface area contributed by atoms with Crippen LogP contribution in [-0.4, -0.2) is 20.2 Å². The van der Waals surface area contributed by atoms with Gasteiger partial charge in [0.25, 0.3) is 5.89 Å². The molecule has 19 heavy (non-hydrogen) atoms. The predicted molar refractivity (Wildman–Crippen MR) is 69.4 cm³/mol. The zero-order valence-electron chi connectivity index (χ0n) is 10.2. The van der Waals surface area contributed by atoms with Gasteiger partial charge < -0.3 is 9.63 Å². The minimum atomic E-state index is 0.165. The van der Waals surface area contributed by atoms with Crippen LogP contribution < -0.4 is 0 Å². The van der Waals surface area contributed by atoms with Crippen molar-refractivity contribution in [2.75, 3.05) is 0 Å². The van der Waals surface area contributed by atoms with Gasteiger partial charge in [0.1, 0.15) is 11.4 Å².